The van der Waals surface area contributed by atoms with Crippen LogP contribution in [0.5, 0.6) is 0 Å². The number of hydrazine groups is 1. The standard InChI is InChI=1S/C10H15BrN2O2S/c11-7-3-8(16-6-7)4-9(13-12)10-5-14-1-2-15-10/h3,6,9-10,13H,1-2,4-5,12H2. The smallest absolute Gasteiger partial charge is 0.0979 e. The van der Waals surface area contributed by atoms with E-state index in [1.165, 1.54) is 4.88 Å². The molecular formula is C10H15BrN2O2S. The minimum atomic E-state index is 0.0413. The van der Waals surface area contributed by atoms with Crippen molar-refractivity contribution in [2.45, 2.75) is 18.6 Å². The molecule has 0 radical (unpaired) electrons. The molecule has 1 aliphatic heterocycles. The average Bonchev–Trinajstić information content (AvgIpc) is 2.73. The first-order valence-corrected chi connectivity index (χ1v) is 6.85. The SMILES string of the molecule is NNC(Cc1cc(Br)cs1)C1COCCO1. The van der Waals surface area contributed by atoms with Gasteiger partial charge in [0.25, 0.3) is 0 Å². The lowest BCUT2D eigenvalue weighted by Gasteiger charge is -2.29. The largest absolute Gasteiger partial charge is 0.376 e. The maximum absolute atomic E-state index is 5.64. The lowest BCUT2D eigenvalue weighted by molar-refractivity contribution is -0.101. The molecule has 0 spiro atoms. The number of thiophene rings is 1. The summed E-state index contributed by atoms with van der Waals surface area (Å²) < 4.78 is 12.1. The quantitative estimate of drug-likeness (QED) is 0.650. The van der Waals surface area contributed by atoms with E-state index >= 15 is 0 Å². The zero-order chi connectivity index (χ0) is 11.4. The van der Waals surface area contributed by atoms with Crippen molar-refractivity contribution < 1.29 is 9.47 Å². The number of hydrogen-bond donors (Lipinski definition) is 2. The van der Waals surface area contributed by atoms with Gasteiger partial charge in [-0.3, -0.25) is 11.3 Å². The molecule has 0 amide bonds. The molecular weight excluding hydrogens is 292 g/mol. The molecule has 3 N–H and O–H groups in total. The second-order valence-electron chi connectivity index (χ2n) is 3.69. The number of ether oxygens (including phenoxy) is 2. The second kappa shape index (κ2) is 6.09. The van der Waals surface area contributed by atoms with Gasteiger partial charge in [0.05, 0.1) is 32.0 Å². The van der Waals surface area contributed by atoms with Gasteiger partial charge in [-0.15, -0.1) is 11.3 Å². The summed E-state index contributed by atoms with van der Waals surface area (Å²) in [6.07, 6.45) is 0.903. The van der Waals surface area contributed by atoms with E-state index in [4.69, 9.17) is 15.3 Å². The number of hydrogen-bond acceptors (Lipinski definition) is 5. The van der Waals surface area contributed by atoms with Crippen molar-refractivity contribution in [3.63, 3.8) is 0 Å². The van der Waals surface area contributed by atoms with Crippen LogP contribution in [0.15, 0.2) is 15.9 Å². The number of nitrogens with two attached hydrogens (primary N) is 1. The minimum Gasteiger partial charge on any atom is -0.376 e. The molecule has 0 bridgehead atoms. The summed E-state index contributed by atoms with van der Waals surface area (Å²) in [6.45, 7) is 1.94. The molecule has 2 unspecified atom stereocenters. The lowest BCUT2D eigenvalue weighted by Crippen LogP contribution is -2.50. The normalized spacial score (nSPS) is 23.2. The van der Waals surface area contributed by atoms with Gasteiger partial charge in [-0.05, 0) is 22.0 Å². The van der Waals surface area contributed by atoms with Crippen LogP contribution in [-0.2, 0) is 15.9 Å². The zero-order valence-electron chi connectivity index (χ0n) is 8.82. The maximum Gasteiger partial charge on any atom is 0.0979 e. The monoisotopic (exact) mass is 306 g/mol. The van der Waals surface area contributed by atoms with Gasteiger partial charge in [0.1, 0.15) is 0 Å². The highest BCUT2D eigenvalue weighted by Crippen LogP contribution is 2.22. The van der Waals surface area contributed by atoms with E-state index in [0.29, 0.717) is 19.8 Å². The summed E-state index contributed by atoms with van der Waals surface area (Å²) >= 11 is 5.16. The van der Waals surface area contributed by atoms with Crippen LogP contribution in [0.2, 0.25) is 0 Å². The Hall–Kier alpha value is 0.0200. The summed E-state index contributed by atoms with van der Waals surface area (Å²) in [6, 6.07) is 2.21. The third kappa shape index (κ3) is 3.26. The molecule has 2 heterocycles. The molecule has 1 aromatic heterocycles. The lowest BCUT2D eigenvalue weighted by atomic mass is 10.1. The van der Waals surface area contributed by atoms with E-state index in [9.17, 15) is 0 Å². The van der Waals surface area contributed by atoms with Crippen LogP contribution < -0.4 is 11.3 Å². The molecule has 90 valence electrons. The van der Waals surface area contributed by atoms with Gasteiger partial charge in [0.15, 0.2) is 0 Å². The predicted octanol–water partition coefficient (Wildman–Crippen LogP) is 1.30. The summed E-state index contributed by atoms with van der Waals surface area (Å²) in [5, 5.41) is 2.07. The van der Waals surface area contributed by atoms with Crippen molar-refractivity contribution in [2.75, 3.05) is 19.8 Å². The average molecular weight is 307 g/mol. The summed E-state index contributed by atoms with van der Waals surface area (Å²) in [5.41, 5.74) is 2.82. The number of nitrogens with one attached hydrogen (secondary N) is 1. The summed E-state index contributed by atoms with van der Waals surface area (Å²) in [4.78, 5) is 1.28. The Morgan fingerprint density at radius 2 is 2.50 bits per heavy atom. The summed E-state index contributed by atoms with van der Waals surface area (Å²) in [7, 11) is 0. The molecule has 6 heteroatoms. The van der Waals surface area contributed by atoms with E-state index in [-0.39, 0.29) is 12.1 Å². The van der Waals surface area contributed by atoms with Crippen molar-refractivity contribution in [2.24, 2.45) is 5.84 Å². The molecule has 1 saturated heterocycles. The molecule has 2 atom stereocenters. The zero-order valence-corrected chi connectivity index (χ0v) is 11.2. The van der Waals surface area contributed by atoms with Crippen molar-refractivity contribution in [1.29, 1.82) is 0 Å². The fourth-order valence-electron chi connectivity index (χ4n) is 1.71. The van der Waals surface area contributed by atoms with Gasteiger partial charge in [-0.2, -0.15) is 0 Å². The Kier molecular flexibility index (Phi) is 4.75. The molecule has 0 saturated carbocycles. The first kappa shape index (κ1) is 12.5. The molecule has 2 rings (SSSR count). The fourth-order valence-corrected chi connectivity index (χ4v) is 3.22. The van der Waals surface area contributed by atoms with Gasteiger partial charge in [-0.1, -0.05) is 0 Å². The van der Waals surface area contributed by atoms with Gasteiger partial charge >= 0.3 is 0 Å². The van der Waals surface area contributed by atoms with Crippen molar-refractivity contribution in [3.05, 3.63) is 20.8 Å². The Morgan fingerprint density at radius 1 is 1.62 bits per heavy atom. The topological polar surface area (TPSA) is 56.5 Å². The molecule has 1 fully saturated rings. The van der Waals surface area contributed by atoms with Crippen molar-refractivity contribution in [1.82, 2.24) is 5.43 Å². The van der Waals surface area contributed by atoms with Crippen LogP contribution in [0.1, 0.15) is 4.88 Å². The highest BCUT2D eigenvalue weighted by Gasteiger charge is 2.24. The van der Waals surface area contributed by atoms with Gasteiger partial charge in [0.2, 0.25) is 0 Å². The Morgan fingerprint density at radius 3 is 3.06 bits per heavy atom. The molecule has 16 heavy (non-hydrogen) atoms. The Labute approximate surface area is 107 Å². The Bertz CT molecular complexity index is 328. The number of rotatable bonds is 4. The highest BCUT2D eigenvalue weighted by atomic mass is 79.9. The van der Waals surface area contributed by atoms with Gasteiger partial charge in [0, 0.05) is 21.2 Å². The molecule has 4 nitrogen and oxygen atoms in total. The molecule has 0 aliphatic carbocycles. The van der Waals surface area contributed by atoms with E-state index in [0.717, 1.165) is 10.9 Å². The van der Waals surface area contributed by atoms with Gasteiger partial charge < -0.3 is 9.47 Å². The third-order valence-electron chi connectivity index (χ3n) is 2.55. The van der Waals surface area contributed by atoms with E-state index in [2.05, 4.69) is 32.8 Å². The van der Waals surface area contributed by atoms with E-state index in [1.807, 2.05) is 0 Å². The molecule has 1 aliphatic rings. The van der Waals surface area contributed by atoms with Crippen LogP contribution in [-0.4, -0.2) is 32.0 Å². The van der Waals surface area contributed by atoms with Crippen LogP contribution in [0, 0.1) is 0 Å². The fraction of sp³-hybridized carbons (Fsp3) is 0.600. The number of halogens is 1. The first-order chi connectivity index (χ1) is 7.79. The maximum atomic E-state index is 5.64. The molecule has 1 aromatic rings. The van der Waals surface area contributed by atoms with Crippen LogP contribution >= 0.6 is 27.3 Å². The Balaban J connectivity index is 1.94. The summed E-state index contributed by atoms with van der Waals surface area (Å²) in [5.74, 6) is 5.57. The highest BCUT2D eigenvalue weighted by molar-refractivity contribution is 9.10. The minimum absolute atomic E-state index is 0.0413. The molecule has 0 aromatic carbocycles. The third-order valence-corrected chi connectivity index (χ3v) is 4.27. The van der Waals surface area contributed by atoms with Crippen molar-refractivity contribution >= 4 is 27.3 Å². The van der Waals surface area contributed by atoms with Crippen molar-refractivity contribution in [3.8, 4) is 0 Å². The van der Waals surface area contributed by atoms with Crippen LogP contribution in [0.4, 0.5) is 0 Å². The van der Waals surface area contributed by atoms with Crippen LogP contribution in [0.3, 0.4) is 0 Å². The first-order valence-electron chi connectivity index (χ1n) is 5.18. The predicted molar refractivity (Wildman–Crippen MR) is 67.4 cm³/mol. The van der Waals surface area contributed by atoms with E-state index in [1.54, 1.807) is 11.3 Å². The van der Waals surface area contributed by atoms with E-state index < -0.39 is 0 Å². The second-order valence-corrected chi connectivity index (χ2v) is 5.60. The van der Waals surface area contributed by atoms with Gasteiger partial charge in [-0.25, -0.2) is 0 Å². The van der Waals surface area contributed by atoms with Crippen LogP contribution in [0.25, 0.3) is 0 Å².